The Kier molecular flexibility index (Phi) is 5.25. The highest BCUT2D eigenvalue weighted by Crippen LogP contribution is 2.32. The van der Waals surface area contributed by atoms with Crippen LogP contribution in [0.1, 0.15) is 70.1 Å². The number of hydrogen-bond acceptors (Lipinski definition) is 0. The van der Waals surface area contributed by atoms with Crippen molar-refractivity contribution in [1.29, 1.82) is 0 Å². The first-order valence-electron chi connectivity index (χ1n) is 9.40. The highest BCUT2D eigenvalue weighted by Gasteiger charge is 2.18. The molecular weight excluding hydrogens is 278 g/mol. The van der Waals surface area contributed by atoms with E-state index in [1.165, 1.54) is 60.6 Å². The molecule has 1 fully saturated rings. The topological polar surface area (TPSA) is 15.8 Å². The molecule has 2 atom stereocenters. The molecule has 0 saturated heterocycles. The van der Waals surface area contributed by atoms with Crippen molar-refractivity contribution < 1.29 is 0 Å². The summed E-state index contributed by atoms with van der Waals surface area (Å²) in [6.07, 6.45) is 19.7. The molecule has 2 aliphatic carbocycles. The molecule has 3 rings (SSSR count). The van der Waals surface area contributed by atoms with E-state index in [0.29, 0.717) is 0 Å². The van der Waals surface area contributed by atoms with Crippen LogP contribution in [0.2, 0.25) is 0 Å². The van der Waals surface area contributed by atoms with Crippen LogP contribution in [0.15, 0.2) is 17.7 Å². The lowest BCUT2D eigenvalue weighted by molar-refractivity contribution is 0.270. The van der Waals surface area contributed by atoms with E-state index in [0.717, 1.165) is 30.0 Å². The zero-order valence-corrected chi connectivity index (χ0v) is 14.8. The maximum Gasteiger partial charge on any atom is 0.0420 e. The third-order valence-corrected chi connectivity index (χ3v) is 5.69. The molecule has 1 heterocycles. The monoisotopic (exact) mass is 309 g/mol. The number of fused-ring (bicyclic) bond motifs is 1. The summed E-state index contributed by atoms with van der Waals surface area (Å²) in [5.41, 5.74) is 4.21. The lowest BCUT2D eigenvalue weighted by Gasteiger charge is -2.26. The van der Waals surface area contributed by atoms with E-state index in [2.05, 4.69) is 49.7 Å². The molecule has 1 aromatic rings. The van der Waals surface area contributed by atoms with Crippen LogP contribution in [-0.2, 0) is 6.42 Å². The maximum absolute atomic E-state index is 4.22. The van der Waals surface area contributed by atoms with Gasteiger partial charge in [-0.2, -0.15) is 0 Å². The van der Waals surface area contributed by atoms with Gasteiger partial charge in [0.1, 0.15) is 0 Å². The fraction of sp³-hybridized carbons (Fsp3) is 0.545. The Hall–Kier alpha value is -1.50. The Bertz CT molecular complexity index is 701. The van der Waals surface area contributed by atoms with Gasteiger partial charge < -0.3 is 4.98 Å². The summed E-state index contributed by atoms with van der Waals surface area (Å²) in [4.78, 5) is 3.45. The summed E-state index contributed by atoms with van der Waals surface area (Å²) in [6, 6.07) is 0. The van der Waals surface area contributed by atoms with Gasteiger partial charge in [0.05, 0.1) is 0 Å². The van der Waals surface area contributed by atoms with Crippen molar-refractivity contribution in [3.05, 3.63) is 39.6 Å². The maximum atomic E-state index is 4.22. The van der Waals surface area contributed by atoms with Gasteiger partial charge in [-0.3, -0.25) is 0 Å². The molecule has 1 N–H and O–H groups in total. The summed E-state index contributed by atoms with van der Waals surface area (Å²) < 4.78 is 0. The molecule has 0 aromatic carbocycles. The normalized spacial score (nSPS) is 25.7. The molecule has 1 nitrogen and oxygen atoms in total. The van der Waals surface area contributed by atoms with Crippen molar-refractivity contribution >= 4 is 18.7 Å². The molecule has 23 heavy (non-hydrogen) atoms. The van der Waals surface area contributed by atoms with Crippen LogP contribution in [0.5, 0.6) is 0 Å². The number of aromatic nitrogens is 1. The standard InChI is InChI=1S/C22H31N/c1-4-18(12-13-19-9-7-8-16(2)14-19)15-21-17(3)23-22-11-6-5-10-20(21)22/h4,6,11,15-16,19,23H,3,5,7-10,12-14H2,1-2H3/b18-4-,21-15+. The van der Waals surface area contributed by atoms with E-state index in [-0.39, 0.29) is 0 Å². The summed E-state index contributed by atoms with van der Waals surface area (Å²) in [6.45, 7) is 8.82. The Morgan fingerprint density at radius 3 is 3.04 bits per heavy atom. The number of allylic oxidation sites excluding steroid dienone is 3. The highest BCUT2D eigenvalue weighted by atomic mass is 14.7. The molecule has 0 amide bonds. The van der Waals surface area contributed by atoms with Crippen molar-refractivity contribution in [2.45, 2.75) is 65.2 Å². The van der Waals surface area contributed by atoms with Crippen LogP contribution in [-0.4, -0.2) is 4.98 Å². The minimum Gasteiger partial charge on any atom is -0.355 e. The molecule has 0 bridgehead atoms. The van der Waals surface area contributed by atoms with Crippen LogP contribution in [0.4, 0.5) is 0 Å². The Morgan fingerprint density at radius 1 is 1.39 bits per heavy atom. The smallest absolute Gasteiger partial charge is 0.0420 e. The summed E-state index contributed by atoms with van der Waals surface area (Å²) in [5.74, 6) is 1.87. The quantitative estimate of drug-likeness (QED) is 0.828. The Labute approximate surface area is 140 Å². The predicted molar refractivity (Wildman–Crippen MR) is 101 cm³/mol. The predicted octanol–water partition coefficient (Wildman–Crippen LogP) is 4.72. The number of aromatic amines is 1. The van der Waals surface area contributed by atoms with Crippen LogP contribution in [0.3, 0.4) is 0 Å². The van der Waals surface area contributed by atoms with Crippen LogP contribution in [0, 0.1) is 11.8 Å². The zero-order valence-electron chi connectivity index (χ0n) is 14.8. The van der Waals surface area contributed by atoms with E-state index in [4.69, 9.17) is 0 Å². The number of nitrogens with one attached hydrogen (secondary N) is 1. The molecular formula is C22H31N. The first-order chi connectivity index (χ1) is 11.2. The fourth-order valence-electron chi connectivity index (χ4n) is 4.33. The summed E-state index contributed by atoms with van der Waals surface area (Å²) >= 11 is 0. The average molecular weight is 309 g/mol. The number of H-pyrrole nitrogens is 1. The van der Waals surface area contributed by atoms with Gasteiger partial charge in [0.25, 0.3) is 0 Å². The third kappa shape index (κ3) is 3.88. The van der Waals surface area contributed by atoms with Crippen LogP contribution < -0.4 is 10.6 Å². The molecule has 2 aliphatic rings. The van der Waals surface area contributed by atoms with E-state index < -0.39 is 0 Å². The van der Waals surface area contributed by atoms with E-state index >= 15 is 0 Å². The molecule has 2 unspecified atom stereocenters. The average Bonchev–Trinajstić information content (AvgIpc) is 2.87. The van der Waals surface area contributed by atoms with Gasteiger partial charge in [0.15, 0.2) is 0 Å². The van der Waals surface area contributed by atoms with Gasteiger partial charge in [-0.05, 0) is 68.6 Å². The second-order valence-electron chi connectivity index (χ2n) is 7.53. The Balaban J connectivity index is 1.74. The first kappa shape index (κ1) is 16.4. The number of hydrogen-bond donors (Lipinski definition) is 1. The zero-order chi connectivity index (χ0) is 16.2. The van der Waals surface area contributed by atoms with Gasteiger partial charge >= 0.3 is 0 Å². The molecule has 1 saturated carbocycles. The lowest BCUT2D eigenvalue weighted by Crippen LogP contribution is -2.24. The third-order valence-electron chi connectivity index (χ3n) is 5.69. The minimum atomic E-state index is 0.932. The van der Waals surface area contributed by atoms with Gasteiger partial charge in [-0.1, -0.05) is 50.5 Å². The number of rotatable bonds is 4. The van der Waals surface area contributed by atoms with Crippen LogP contribution in [0.25, 0.3) is 18.7 Å². The largest absolute Gasteiger partial charge is 0.355 e. The summed E-state index contributed by atoms with van der Waals surface area (Å²) in [7, 11) is 0. The van der Waals surface area contributed by atoms with Gasteiger partial charge in [0, 0.05) is 16.3 Å². The molecule has 124 valence electrons. The molecule has 0 spiro atoms. The van der Waals surface area contributed by atoms with Crippen molar-refractivity contribution in [3.8, 4) is 0 Å². The van der Waals surface area contributed by atoms with Gasteiger partial charge in [0.2, 0.25) is 0 Å². The van der Waals surface area contributed by atoms with E-state index in [1.54, 1.807) is 0 Å². The van der Waals surface area contributed by atoms with Gasteiger partial charge in [-0.25, -0.2) is 0 Å². The molecule has 0 aliphatic heterocycles. The second-order valence-corrected chi connectivity index (χ2v) is 7.53. The Morgan fingerprint density at radius 2 is 2.26 bits per heavy atom. The van der Waals surface area contributed by atoms with Crippen molar-refractivity contribution in [3.63, 3.8) is 0 Å². The molecule has 0 radical (unpaired) electrons. The highest BCUT2D eigenvalue weighted by molar-refractivity contribution is 5.57. The molecule has 1 heteroatoms. The van der Waals surface area contributed by atoms with E-state index in [9.17, 15) is 0 Å². The van der Waals surface area contributed by atoms with Crippen molar-refractivity contribution in [1.82, 2.24) is 4.98 Å². The van der Waals surface area contributed by atoms with E-state index in [1.807, 2.05) is 0 Å². The lowest BCUT2D eigenvalue weighted by atomic mass is 9.79. The minimum absolute atomic E-state index is 0.932. The second kappa shape index (κ2) is 7.38. The first-order valence-corrected chi connectivity index (χ1v) is 9.40. The molecule has 1 aromatic heterocycles. The van der Waals surface area contributed by atoms with Crippen LogP contribution >= 0.6 is 0 Å². The van der Waals surface area contributed by atoms with Gasteiger partial charge in [-0.15, -0.1) is 0 Å². The fourth-order valence-corrected chi connectivity index (χ4v) is 4.33. The van der Waals surface area contributed by atoms with Crippen molar-refractivity contribution in [2.75, 3.05) is 0 Å². The SMILES string of the molecule is C=c1[nH]c2c(/c1=C/C(=C\C)CCC1CCCC(C)C1)CCC=C2. The van der Waals surface area contributed by atoms with Crippen molar-refractivity contribution in [2.24, 2.45) is 11.8 Å². The summed E-state index contributed by atoms with van der Waals surface area (Å²) in [5, 5.41) is 2.42.